The molecule has 0 aliphatic carbocycles. The number of nitrogens with zero attached hydrogens (tertiary/aromatic N) is 1. The normalized spacial score (nSPS) is 10.1. The molecule has 0 unspecified atom stereocenters. The van der Waals surface area contributed by atoms with Crippen LogP contribution in [0, 0.1) is 11.3 Å². The van der Waals surface area contributed by atoms with Crippen molar-refractivity contribution < 1.29 is 18.3 Å². The maximum absolute atomic E-state index is 12.8. The Balaban J connectivity index is 3.53. The van der Waals surface area contributed by atoms with E-state index in [4.69, 9.17) is 5.26 Å². The molecular weight excluding hydrogens is 228 g/mol. The molecule has 0 saturated carbocycles. The van der Waals surface area contributed by atoms with Gasteiger partial charge in [-0.2, -0.15) is 5.26 Å². The van der Waals surface area contributed by atoms with Crippen molar-refractivity contribution >= 4 is 5.97 Å². The summed E-state index contributed by atoms with van der Waals surface area (Å²) in [6.07, 6.45) is -2.34. The molecule has 17 heavy (non-hydrogen) atoms. The van der Waals surface area contributed by atoms with Crippen LogP contribution >= 0.6 is 0 Å². The number of rotatable bonds is 3. The first-order valence-corrected chi connectivity index (χ1v) is 4.98. The number of aryl methyl sites for hydroxylation is 1. The zero-order valence-corrected chi connectivity index (χ0v) is 9.46. The van der Waals surface area contributed by atoms with Gasteiger partial charge in [0.2, 0.25) is 0 Å². The molecule has 0 radical (unpaired) electrons. The first kappa shape index (κ1) is 13.1. The Kier molecular flexibility index (Phi) is 4.16. The Morgan fingerprint density at radius 1 is 1.53 bits per heavy atom. The Hall–Kier alpha value is -1.96. The Morgan fingerprint density at radius 2 is 2.18 bits per heavy atom. The number of hydrogen-bond donors (Lipinski definition) is 0. The highest BCUT2D eigenvalue weighted by Crippen LogP contribution is 2.28. The fourth-order valence-electron chi connectivity index (χ4n) is 1.52. The Bertz CT molecular complexity index is 478. The average molecular weight is 239 g/mol. The fourth-order valence-corrected chi connectivity index (χ4v) is 1.52. The van der Waals surface area contributed by atoms with Crippen LogP contribution in [0.2, 0.25) is 0 Å². The number of halogens is 2. The SMILES string of the molecule is CCc1cc(C#N)c(C(F)F)c(C(=O)OC)c1. The quantitative estimate of drug-likeness (QED) is 0.762. The van der Waals surface area contributed by atoms with Crippen LogP contribution in [0.5, 0.6) is 0 Å². The van der Waals surface area contributed by atoms with Gasteiger partial charge in [-0.1, -0.05) is 6.92 Å². The Labute approximate surface area is 97.6 Å². The zero-order chi connectivity index (χ0) is 13.0. The van der Waals surface area contributed by atoms with Gasteiger partial charge in [-0.3, -0.25) is 0 Å². The average Bonchev–Trinajstić information content (AvgIpc) is 2.35. The summed E-state index contributed by atoms with van der Waals surface area (Å²) >= 11 is 0. The van der Waals surface area contributed by atoms with E-state index in [0.29, 0.717) is 12.0 Å². The van der Waals surface area contributed by atoms with E-state index in [0.717, 1.165) is 7.11 Å². The zero-order valence-electron chi connectivity index (χ0n) is 9.46. The molecule has 1 rings (SSSR count). The largest absolute Gasteiger partial charge is 0.465 e. The lowest BCUT2D eigenvalue weighted by Crippen LogP contribution is -2.09. The van der Waals surface area contributed by atoms with E-state index < -0.39 is 18.0 Å². The van der Waals surface area contributed by atoms with Gasteiger partial charge in [0.25, 0.3) is 6.43 Å². The van der Waals surface area contributed by atoms with Gasteiger partial charge in [0.05, 0.1) is 24.3 Å². The summed E-state index contributed by atoms with van der Waals surface area (Å²) in [4.78, 5) is 11.4. The maximum atomic E-state index is 12.8. The molecule has 1 aromatic carbocycles. The summed E-state index contributed by atoms with van der Waals surface area (Å²) in [5.41, 5.74) is -0.332. The van der Waals surface area contributed by atoms with Crippen molar-refractivity contribution in [3.8, 4) is 6.07 Å². The van der Waals surface area contributed by atoms with Crippen molar-refractivity contribution in [2.45, 2.75) is 19.8 Å². The molecule has 0 N–H and O–H groups in total. The minimum Gasteiger partial charge on any atom is -0.465 e. The minimum atomic E-state index is -2.88. The molecule has 3 nitrogen and oxygen atoms in total. The van der Waals surface area contributed by atoms with Crippen LogP contribution in [0.1, 0.15) is 40.4 Å². The molecule has 0 spiro atoms. The molecule has 0 saturated heterocycles. The van der Waals surface area contributed by atoms with E-state index in [1.165, 1.54) is 12.1 Å². The summed E-state index contributed by atoms with van der Waals surface area (Å²) in [5.74, 6) is -0.855. The minimum absolute atomic E-state index is 0.181. The highest BCUT2D eigenvalue weighted by molar-refractivity contribution is 5.92. The van der Waals surface area contributed by atoms with E-state index in [9.17, 15) is 13.6 Å². The van der Waals surface area contributed by atoms with E-state index in [1.54, 1.807) is 13.0 Å². The summed E-state index contributed by atoms with van der Waals surface area (Å²) < 4.78 is 30.1. The first-order chi connectivity index (χ1) is 8.04. The van der Waals surface area contributed by atoms with Gasteiger partial charge in [-0.05, 0) is 24.1 Å². The summed E-state index contributed by atoms with van der Waals surface area (Å²) in [6, 6.07) is 4.39. The summed E-state index contributed by atoms with van der Waals surface area (Å²) in [7, 11) is 1.11. The smallest absolute Gasteiger partial charge is 0.338 e. The van der Waals surface area contributed by atoms with Crippen LogP contribution in [-0.2, 0) is 11.2 Å². The van der Waals surface area contributed by atoms with Gasteiger partial charge < -0.3 is 4.74 Å². The molecule has 0 amide bonds. The lowest BCUT2D eigenvalue weighted by Gasteiger charge is -2.11. The molecule has 0 aromatic heterocycles. The Morgan fingerprint density at radius 3 is 2.59 bits per heavy atom. The maximum Gasteiger partial charge on any atom is 0.338 e. The number of benzene rings is 1. The van der Waals surface area contributed by atoms with Gasteiger partial charge in [0.15, 0.2) is 0 Å². The molecule has 90 valence electrons. The van der Waals surface area contributed by atoms with Crippen molar-refractivity contribution in [1.82, 2.24) is 0 Å². The molecule has 0 atom stereocenters. The number of carbonyl (C=O) groups excluding carboxylic acids is 1. The molecule has 0 bridgehead atoms. The predicted octanol–water partition coefficient (Wildman–Crippen LogP) is 2.84. The van der Waals surface area contributed by atoms with Crippen molar-refractivity contribution in [1.29, 1.82) is 5.26 Å². The second kappa shape index (κ2) is 5.39. The number of carbonyl (C=O) groups is 1. The van der Waals surface area contributed by atoms with Crippen LogP contribution in [-0.4, -0.2) is 13.1 Å². The van der Waals surface area contributed by atoms with Crippen molar-refractivity contribution in [2.24, 2.45) is 0 Å². The van der Waals surface area contributed by atoms with Gasteiger partial charge in [0.1, 0.15) is 0 Å². The van der Waals surface area contributed by atoms with Gasteiger partial charge >= 0.3 is 5.97 Å². The van der Waals surface area contributed by atoms with Gasteiger partial charge in [-0.25, -0.2) is 13.6 Å². The number of esters is 1. The highest BCUT2D eigenvalue weighted by atomic mass is 19.3. The van der Waals surface area contributed by atoms with Crippen LogP contribution in [0.25, 0.3) is 0 Å². The number of alkyl halides is 2. The van der Waals surface area contributed by atoms with E-state index >= 15 is 0 Å². The van der Waals surface area contributed by atoms with E-state index in [-0.39, 0.29) is 11.1 Å². The molecular formula is C12H11F2NO2. The second-order valence-corrected chi connectivity index (χ2v) is 3.36. The molecule has 0 heterocycles. The van der Waals surface area contributed by atoms with Crippen molar-refractivity contribution in [3.63, 3.8) is 0 Å². The van der Waals surface area contributed by atoms with E-state index in [1.807, 2.05) is 0 Å². The third kappa shape index (κ3) is 2.59. The standard InChI is InChI=1S/C12H11F2NO2/c1-3-7-4-8(6-15)10(11(13)14)9(5-7)12(16)17-2/h4-5,11H,3H2,1-2H3. The van der Waals surface area contributed by atoms with Crippen LogP contribution in [0.4, 0.5) is 8.78 Å². The molecule has 0 aliphatic heterocycles. The number of ether oxygens (including phenoxy) is 1. The lowest BCUT2D eigenvalue weighted by molar-refractivity contribution is 0.0589. The third-order valence-electron chi connectivity index (χ3n) is 2.39. The third-order valence-corrected chi connectivity index (χ3v) is 2.39. The first-order valence-electron chi connectivity index (χ1n) is 4.98. The van der Waals surface area contributed by atoms with E-state index in [2.05, 4.69) is 4.74 Å². The second-order valence-electron chi connectivity index (χ2n) is 3.36. The van der Waals surface area contributed by atoms with Crippen molar-refractivity contribution in [3.05, 3.63) is 34.4 Å². The number of nitriles is 1. The highest BCUT2D eigenvalue weighted by Gasteiger charge is 2.23. The fraction of sp³-hybridized carbons (Fsp3) is 0.333. The number of hydrogen-bond acceptors (Lipinski definition) is 3. The monoisotopic (exact) mass is 239 g/mol. The molecule has 1 aromatic rings. The summed E-state index contributed by atoms with van der Waals surface area (Å²) in [6.45, 7) is 1.81. The van der Waals surface area contributed by atoms with Crippen LogP contribution in [0.15, 0.2) is 12.1 Å². The molecule has 0 fully saturated rings. The van der Waals surface area contributed by atoms with Crippen molar-refractivity contribution in [2.75, 3.05) is 7.11 Å². The summed E-state index contributed by atoms with van der Waals surface area (Å²) in [5, 5.41) is 8.83. The lowest BCUT2D eigenvalue weighted by atomic mass is 9.97. The topological polar surface area (TPSA) is 50.1 Å². The molecule has 5 heteroatoms. The van der Waals surface area contributed by atoms with Crippen LogP contribution < -0.4 is 0 Å². The van der Waals surface area contributed by atoms with Gasteiger partial charge in [-0.15, -0.1) is 0 Å². The van der Waals surface area contributed by atoms with Gasteiger partial charge in [0, 0.05) is 5.56 Å². The molecule has 0 aliphatic rings. The number of methoxy groups -OCH3 is 1. The predicted molar refractivity (Wildman–Crippen MR) is 56.8 cm³/mol. The van der Waals surface area contributed by atoms with Crippen LogP contribution in [0.3, 0.4) is 0 Å².